The number of carbonyl (C=O) groups excluding carboxylic acids is 3. The zero-order chi connectivity index (χ0) is 22.4. The molecule has 1 aromatic rings. The lowest BCUT2D eigenvalue weighted by atomic mass is 9.90. The number of hydrogen-bond donors (Lipinski definition) is 1. The highest BCUT2D eigenvalue weighted by Crippen LogP contribution is 2.28. The summed E-state index contributed by atoms with van der Waals surface area (Å²) >= 11 is 0. The van der Waals surface area contributed by atoms with E-state index in [1.165, 1.54) is 5.01 Å². The monoisotopic (exact) mass is 433 g/mol. The number of benzene rings is 1. The van der Waals surface area contributed by atoms with Crippen LogP contribution in [0.15, 0.2) is 30.3 Å². The highest BCUT2D eigenvalue weighted by Gasteiger charge is 2.37. The first-order valence-corrected chi connectivity index (χ1v) is 10.7. The van der Waals surface area contributed by atoms with Crippen LogP contribution >= 0.6 is 0 Å². The lowest BCUT2D eigenvalue weighted by Gasteiger charge is -2.38. The molecule has 1 heterocycles. The Morgan fingerprint density at radius 2 is 1.84 bits per heavy atom. The highest BCUT2D eigenvalue weighted by atomic mass is 16.6. The van der Waals surface area contributed by atoms with E-state index in [0.717, 1.165) is 5.56 Å². The summed E-state index contributed by atoms with van der Waals surface area (Å²) in [5.41, 5.74) is 2.72. The van der Waals surface area contributed by atoms with Gasteiger partial charge in [-0.3, -0.25) is 0 Å². The molecular formula is C22H31N3O6. The van der Waals surface area contributed by atoms with E-state index in [-0.39, 0.29) is 24.8 Å². The van der Waals surface area contributed by atoms with Gasteiger partial charge in [0.1, 0.15) is 18.8 Å². The topological polar surface area (TPSA) is 97.4 Å². The zero-order valence-electron chi connectivity index (χ0n) is 18.3. The number of hydrogen-bond acceptors (Lipinski definition) is 6. The fraction of sp³-hybridized carbons (Fsp3) is 0.591. The minimum absolute atomic E-state index is 0.0787. The summed E-state index contributed by atoms with van der Waals surface area (Å²) in [7, 11) is 0. The van der Waals surface area contributed by atoms with E-state index in [9.17, 15) is 14.4 Å². The van der Waals surface area contributed by atoms with Gasteiger partial charge >= 0.3 is 18.3 Å². The van der Waals surface area contributed by atoms with Crippen LogP contribution in [0.2, 0.25) is 0 Å². The first-order valence-electron chi connectivity index (χ1n) is 10.7. The lowest BCUT2D eigenvalue weighted by Crippen LogP contribution is -2.55. The predicted octanol–water partition coefficient (Wildman–Crippen LogP) is 3.83. The maximum absolute atomic E-state index is 12.9. The largest absolute Gasteiger partial charge is 0.448 e. The molecule has 170 valence electrons. The number of amides is 3. The summed E-state index contributed by atoms with van der Waals surface area (Å²) < 4.78 is 15.8. The number of nitrogens with one attached hydrogen (secondary N) is 1. The Morgan fingerprint density at radius 3 is 2.42 bits per heavy atom. The van der Waals surface area contributed by atoms with E-state index < -0.39 is 17.8 Å². The van der Waals surface area contributed by atoms with Crippen molar-refractivity contribution in [2.24, 2.45) is 0 Å². The van der Waals surface area contributed by atoms with Gasteiger partial charge in [0.15, 0.2) is 0 Å². The van der Waals surface area contributed by atoms with Gasteiger partial charge in [0, 0.05) is 6.04 Å². The molecule has 0 atom stereocenters. The third kappa shape index (κ3) is 6.50. The first kappa shape index (κ1) is 22.7. The maximum atomic E-state index is 12.9. The molecule has 1 aliphatic carbocycles. The van der Waals surface area contributed by atoms with E-state index in [1.807, 2.05) is 30.3 Å². The fourth-order valence-electron chi connectivity index (χ4n) is 3.84. The molecule has 0 bridgehead atoms. The van der Waals surface area contributed by atoms with Gasteiger partial charge in [0.2, 0.25) is 0 Å². The van der Waals surface area contributed by atoms with E-state index in [4.69, 9.17) is 14.2 Å². The summed E-state index contributed by atoms with van der Waals surface area (Å²) in [5, 5.41) is 1.23. The van der Waals surface area contributed by atoms with Crippen LogP contribution in [-0.4, -0.2) is 59.0 Å². The Kier molecular flexibility index (Phi) is 7.25. The molecule has 1 N–H and O–H groups in total. The minimum atomic E-state index is -0.714. The normalized spacial score (nSPS) is 21.3. The van der Waals surface area contributed by atoms with Crippen molar-refractivity contribution in [1.29, 1.82) is 0 Å². The third-order valence-corrected chi connectivity index (χ3v) is 5.28. The van der Waals surface area contributed by atoms with Crippen molar-refractivity contribution >= 4 is 18.3 Å². The van der Waals surface area contributed by atoms with Crippen molar-refractivity contribution < 1.29 is 28.6 Å². The van der Waals surface area contributed by atoms with Crippen LogP contribution in [0.5, 0.6) is 0 Å². The summed E-state index contributed by atoms with van der Waals surface area (Å²) in [6.45, 7) is 6.37. The van der Waals surface area contributed by atoms with Gasteiger partial charge in [-0.1, -0.05) is 30.3 Å². The van der Waals surface area contributed by atoms with E-state index in [0.29, 0.717) is 38.8 Å². The Bertz CT molecular complexity index is 771. The Labute approximate surface area is 182 Å². The van der Waals surface area contributed by atoms with Crippen LogP contribution in [0.4, 0.5) is 14.4 Å². The van der Waals surface area contributed by atoms with Crippen molar-refractivity contribution in [1.82, 2.24) is 15.3 Å². The second kappa shape index (κ2) is 9.89. The average Bonchev–Trinajstić information content (AvgIpc) is 3.16. The van der Waals surface area contributed by atoms with Gasteiger partial charge in [0.05, 0.1) is 12.6 Å². The molecule has 0 radical (unpaired) electrons. The van der Waals surface area contributed by atoms with Crippen molar-refractivity contribution in [2.75, 3.05) is 13.2 Å². The predicted molar refractivity (Wildman–Crippen MR) is 112 cm³/mol. The zero-order valence-corrected chi connectivity index (χ0v) is 18.3. The Balaban J connectivity index is 1.62. The van der Waals surface area contributed by atoms with Gasteiger partial charge in [-0.2, -0.15) is 0 Å². The van der Waals surface area contributed by atoms with Crippen LogP contribution in [0.1, 0.15) is 52.0 Å². The summed E-state index contributed by atoms with van der Waals surface area (Å²) in [6.07, 6.45) is 1.01. The van der Waals surface area contributed by atoms with Gasteiger partial charge in [-0.05, 0) is 52.0 Å². The number of rotatable bonds is 4. The molecule has 31 heavy (non-hydrogen) atoms. The highest BCUT2D eigenvalue weighted by molar-refractivity contribution is 5.74. The van der Waals surface area contributed by atoms with Crippen molar-refractivity contribution in [2.45, 2.75) is 70.7 Å². The van der Waals surface area contributed by atoms with Crippen LogP contribution in [0.3, 0.4) is 0 Å². The average molecular weight is 434 g/mol. The minimum Gasteiger partial charge on any atom is -0.448 e. The Morgan fingerprint density at radius 1 is 1.16 bits per heavy atom. The fourth-order valence-corrected chi connectivity index (χ4v) is 3.84. The molecule has 2 aliphatic rings. The van der Waals surface area contributed by atoms with Crippen LogP contribution in [0.25, 0.3) is 0 Å². The molecule has 0 spiro atoms. The SMILES string of the molecule is CC(C)(C)OC(=O)NN(C(=O)OCc1ccccc1)C1CCC(N2CCOC2=O)CC1. The number of carbonyl (C=O) groups is 3. The van der Waals surface area contributed by atoms with Gasteiger partial charge in [0.25, 0.3) is 0 Å². The number of ether oxygens (including phenoxy) is 3. The van der Waals surface area contributed by atoms with E-state index in [1.54, 1.807) is 25.7 Å². The Hall–Kier alpha value is -2.97. The molecule has 9 heteroatoms. The van der Waals surface area contributed by atoms with Crippen LogP contribution in [0, 0.1) is 0 Å². The van der Waals surface area contributed by atoms with Gasteiger partial charge < -0.3 is 19.1 Å². The van der Waals surface area contributed by atoms with Gasteiger partial charge in [-0.25, -0.2) is 24.8 Å². The molecule has 1 saturated carbocycles. The summed E-state index contributed by atoms with van der Waals surface area (Å²) in [5.74, 6) is 0. The molecule has 2 fully saturated rings. The van der Waals surface area contributed by atoms with E-state index >= 15 is 0 Å². The van der Waals surface area contributed by atoms with Crippen molar-refractivity contribution in [3.63, 3.8) is 0 Å². The molecule has 3 amide bonds. The molecule has 3 rings (SSSR count). The standard InChI is InChI=1S/C22H31N3O6/c1-22(2,3)31-19(26)23-25(21(28)30-15-16-7-5-4-6-8-16)18-11-9-17(10-12-18)24-13-14-29-20(24)27/h4-8,17-18H,9-15H2,1-3H3,(H,23,26). The second-order valence-electron chi connectivity index (χ2n) is 8.79. The number of nitrogens with zero attached hydrogens (tertiary/aromatic N) is 2. The molecule has 0 unspecified atom stereocenters. The number of cyclic esters (lactones) is 1. The third-order valence-electron chi connectivity index (χ3n) is 5.28. The van der Waals surface area contributed by atoms with Crippen molar-refractivity contribution in [3.05, 3.63) is 35.9 Å². The quantitative estimate of drug-likeness (QED) is 0.573. The van der Waals surface area contributed by atoms with E-state index in [2.05, 4.69) is 5.43 Å². The van der Waals surface area contributed by atoms with Crippen LogP contribution in [-0.2, 0) is 20.8 Å². The molecule has 1 aromatic carbocycles. The van der Waals surface area contributed by atoms with Crippen LogP contribution < -0.4 is 5.43 Å². The van der Waals surface area contributed by atoms with Gasteiger partial charge in [-0.15, -0.1) is 0 Å². The second-order valence-corrected chi connectivity index (χ2v) is 8.79. The maximum Gasteiger partial charge on any atom is 0.429 e. The molecule has 1 aliphatic heterocycles. The summed E-state index contributed by atoms with van der Waals surface area (Å²) in [6, 6.07) is 9.16. The number of hydrazine groups is 1. The molecular weight excluding hydrogens is 402 g/mol. The molecule has 0 aromatic heterocycles. The lowest BCUT2D eigenvalue weighted by molar-refractivity contribution is 0.00929. The van der Waals surface area contributed by atoms with Crippen molar-refractivity contribution in [3.8, 4) is 0 Å². The summed E-state index contributed by atoms with van der Waals surface area (Å²) in [4.78, 5) is 38.8. The first-order chi connectivity index (χ1) is 14.7. The smallest absolute Gasteiger partial charge is 0.429 e. The molecule has 1 saturated heterocycles. The molecule has 9 nitrogen and oxygen atoms in total.